The van der Waals surface area contributed by atoms with Gasteiger partial charge in [-0.2, -0.15) is 0 Å². The molecule has 2 aliphatic heterocycles. The highest BCUT2D eigenvalue weighted by Gasteiger charge is 2.43. The van der Waals surface area contributed by atoms with Crippen LogP contribution in [0.4, 0.5) is 5.69 Å². The molecule has 0 spiro atoms. The summed E-state index contributed by atoms with van der Waals surface area (Å²) in [5.41, 5.74) is 1.90. The van der Waals surface area contributed by atoms with Crippen LogP contribution in [0.25, 0.3) is 0 Å². The predicted octanol–water partition coefficient (Wildman–Crippen LogP) is 1.13. The molecular formula is C17H23N3O2. The molecule has 0 bridgehead atoms. The lowest BCUT2D eigenvalue weighted by Crippen LogP contribution is -2.51. The van der Waals surface area contributed by atoms with Crippen molar-refractivity contribution < 1.29 is 9.59 Å². The van der Waals surface area contributed by atoms with Gasteiger partial charge in [-0.25, -0.2) is 4.90 Å². The molecule has 1 aromatic rings. The number of anilines is 1. The van der Waals surface area contributed by atoms with E-state index in [1.54, 1.807) is 0 Å². The van der Waals surface area contributed by atoms with Crippen LogP contribution in [0.5, 0.6) is 0 Å². The number of likely N-dealkylation sites (N-methyl/N-ethyl adjacent to an activating group) is 1. The predicted molar refractivity (Wildman–Crippen MR) is 85.8 cm³/mol. The number of hydrogen-bond acceptors (Lipinski definition) is 4. The maximum atomic E-state index is 12.7. The van der Waals surface area contributed by atoms with E-state index in [2.05, 4.69) is 23.8 Å². The van der Waals surface area contributed by atoms with Crippen molar-refractivity contribution in [2.45, 2.75) is 25.8 Å². The molecule has 0 unspecified atom stereocenters. The second kappa shape index (κ2) is 6.18. The number of aryl methyl sites for hydroxylation is 1. The highest BCUT2D eigenvalue weighted by molar-refractivity contribution is 6.22. The van der Waals surface area contributed by atoms with E-state index in [1.165, 1.54) is 10.5 Å². The fraction of sp³-hybridized carbons (Fsp3) is 0.529. The van der Waals surface area contributed by atoms with E-state index in [0.717, 1.165) is 32.6 Å². The van der Waals surface area contributed by atoms with Crippen LogP contribution in [0.15, 0.2) is 24.3 Å². The van der Waals surface area contributed by atoms with Crippen LogP contribution in [-0.2, 0) is 16.0 Å². The van der Waals surface area contributed by atoms with E-state index in [1.807, 2.05) is 24.3 Å². The van der Waals surface area contributed by atoms with Gasteiger partial charge < -0.3 is 4.90 Å². The van der Waals surface area contributed by atoms with Gasteiger partial charge in [0.1, 0.15) is 0 Å². The molecule has 0 radical (unpaired) electrons. The quantitative estimate of drug-likeness (QED) is 0.785. The van der Waals surface area contributed by atoms with Crippen molar-refractivity contribution in [3.63, 3.8) is 0 Å². The number of imide groups is 1. The lowest BCUT2D eigenvalue weighted by atomic mass is 10.1. The summed E-state index contributed by atoms with van der Waals surface area (Å²) < 4.78 is 0. The second-order valence-corrected chi connectivity index (χ2v) is 6.15. The van der Waals surface area contributed by atoms with Crippen molar-refractivity contribution in [1.82, 2.24) is 9.80 Å². The number of benzene rings is 1. The van der Waals surface area contributed by atoms with Crippen molar-refractivity contribution in [2.24, 2.45) is 0 Å². The molecule has 118 valence electrons. The molecular weight excluding hydrogens is 278 g/mol. The third kappa shape index (κ3) is 2.78. The molecule has 2 aliphatic rings. The average molecular weight is 301 g/mol. The Morgan fingerprint density at radius 1 is 1.05 bits per heavy atom. The number of piperazine rings is 1. The number of carbonyl (C=O) groups excluding carboxylic acids is 2. The number of nitrogens with zero attached hydrogens (tertiary/aromatic N) is 3. The van der Waals surface area contributed by atoms with Gasteiger partial charge in [-0.05, 0) is 31.2 Å². The summed E-state index contributed by atoms with van der Waals surface area (Å²) in [6, 6.07) is 7.44. The topological polar surface area (TPSA) is 43.9 Å². The standard InChI is InChI=1S/C17H23N3O2/c1-3-13-4-6-14(7-5-13)20-16(21)12-15(17(20)22)19-10-8-18(2)9-11-19/h4-7,15H,3,8-12H2,1-2H3/t15-/m0/s1. The molecule has 2 fully saturated rings. The Morgan fingerprint density at radius 3 is 2.27 bits per heavy atom. The fourth-order valence-corrected chi connectivity index (χ4v) is 3.19. The summed E-state index contributed by atoms with van der Waals surface area (Å²) in [6.45, 7) is 5.68. The number of rotatable bonds is 3. The molecule has 3 rings (SSSR count). The number of amides is 2. The minimum Gasteiger partial charge on any atom is -0.304 e. The van der Waals surface area contributed by atoms with Crippen LogP contribution in [-0.4, -0.2) is 60.9 Å². The molecule has 2 heterocycles. The fourth-order valence-electron chi connectivity index (χ4n) is 3.19. The molecule has 1 atom stereocenters. The lowest BCUT2D eigenvalue weighted by molar-refractivity contribution is -0.123. The summed E-state index contributed by atoms with van der Waals surface area (Å²) in [4.78, 5) is 30.8. The van der Waals surface area contributed by atoms with Crippen LogP contribution >= 0.6 is 0 Å². The van der Waals surface area contributed by atoms with Crippen molar-refractivity contribution in [3.05, 3.63) is 29.8 Å². The first kappa shape index (κ1) is 15.2. The summed E-state index contributed by atoms with van der Waals surface area (Å²) in [5, 5.41) is 0. The third-order valence-corrected chi connectivity index (χ3v) is 4.70. The third-order valence-electron chi connectivity index (χ3n) is 4.70. The van der Waals surface area contributed by atoms with E-state index in [9.17, 15) is 9.59 Å². The van der Waals surface area contributed by atoms with E-state index in [4.69, 9.17) is 0 Å². The van der Waals surface area contributed by atoms with Crippen LogP contribution in [0, 0.1) is 0 Å². The van der Waals surface area contributed by atoms with Crippen molar-refractivity contribution >= 4 is 17.5 Å². The first-order valence-electron chi connectivity index (χ1n) is 7.98. The lowest BCUT2D eigenvalue weighted by Gasteiger charge is -2.35. The number of hydrogen-bond donors (Lipinski definition) is 0. The molecule has 0 aromatic heterocycles. The average Bonchev–Trinajstić information content (AvgIpc) is 2.83. The van der Waals surface area contributed by atoms with Crippen LogP contribution in [0.3, 0.4) is 0 Å². The Kier molecular flexibility index (Phi) is 4.27. The Bertz CT molecular complexity index is 562. The summed E-state index contributed by atoms with van der Waals surface area (Å²) >= 11 is 0. The minimum atomic E-state index is -0.285. The Labute approximate surface area is 131 Å². The van der Waals surface area contributed by atoms with Crippen LogP contribution < -0.4 is 4.90 Å². The summed E-state index contributed by atoms with van der Waals surface area (Å²) in [5.74, 6) is -0.156. The van der Waals surface area contributed by atoms with E-state index < -0.39 is 0 Å². The highest BCUT2D eigenvalue weighted by Crippen LogP contribution is 2.26. The van der Waals surface area contributed by atoms with Gasteiger partial charge in [0.15, 0.2) is 0 Å². The Balaban J connectivity index is 1.76. The van der Waals surface area contributed by atoms with Crippen LogP contribution in [0.1, 0.15) is 18.9 Å². The zero-order valence-electron chi connectivity index (χ0n) is 13.3. The van der Waals surface area contributed by atoms with E-state index in [0.29, 0.717) is 12.1 Å². The molecule has 0 N–H and O–H groups in total. The largest absolute Gasteiger partial charge is 0.304 e. The molecule has 22 heavy (non-hydrogen) atoms. The first-order chi connectivity index (χ1) is 10.6. The van der Waals surface area contributed by atoms with Crippen LogP contribution in [0.2, 0.25) is 0 Å². The normalized spacial score (nSPS) is 24.3. The molecule has 5 heteroatoms. The monoisotopic (exact) mass is 301 g/mol. The molecule has 2 amide bonds. The van der Waals surface area contributed by atoms with Gasteiger partial charge in [0.25, 0.3) is 5.91 Å². The van der Waals surface area contributed by atoms with Gasteiger partial charge >= 0.3 is 0 Å². The van der Waals surface area contributed by atoms with Crippen molar-refractivity contribution in [1.29, 1.82) is 0 Å². The van der Waals surface area contributed by atoms with Gasteiger partial charge in [0.2, 0.25) is 5.91 Å². The number of carbonyl (C=O) groups is 2. The second-order valence-electron chi connectivity index (χ2n) is 6.15. The van der Waals surface area contributed by atoms with Gasteiger partial charge in [-0.15, -0.1) is 0 Å². The molecule has 1 aromatic carbocycles. The summed E-state index contributed by atoms with van der Waals surface area (Å²) in [6.07, 6.45) is 1.25. The van der Waals surface area contributed by atoms with Gasteiger partial charge in [0, 0.05) is 26.2 Å². The first-order valence-corrected chi connectivity index (χ1v) is 7.98. The van der Waals surface area contributed by atoms with Gasteiger partial charge in [-0.1, -0.05) is 19.1 Å². The Morgan fingerprint density at radius 2 is 1.68 bits per heavy atom. The molecule has 2 saturated heterocycles. The highest BCUT2D eigenvalue weighted by atomic mass is 16.2. The van der Waals surface area contributed by atoms with Gasteiger partial charge in [0.05, 0.1) is 18.2 Å². The molecule has 5 nitrogen and oxygen atoms in total. The maximum absolute atomic E-state index is 12.7. The van der Waals surface area contributed by atoms with Gasteiger partial charge in [-0.3, -0.25) is 14.5 Å². The maximum Gasteiger partial charge on any atom is 0.251 e. The zero-order valence-corrected chi connectivity index (χ0v) is 13.3. The summed E-state index contributed by atoms with van der Waals surface area (Å²) in [7, 11) is 2.08. The molecule has 0 saturated carbocycles. The van der Waals surface area contributed by atoms with E-state index in [-0.39, 0.29) is 17.9 Å². The minimum absolute atomic E-state index is 0.0706. The smallest absolute Gasteiger partial charge is 0.251 e. The Hall–Kier alpha value is -1.72. The van der Waals surface area contributed by atoms with Crippen molar-refractivity contribution in [2.75, 3.05) is 38.1 Å². The zero-order chi connectivity index (χ0) is 15.7. The molecule has 0 aliphatic carbocycles. The van der Waals surface area contributed by atoms with Crippen molar-refractivity contribution in [3.8, 4) is 0 Å². The van der Waals surface area contributed by atoms with E-state index >= 15 is 0 Å². The SMILES string of the molecule is CCc1ccc(N2C(=O)C[C@H](N3CCN(C)CC3)C2=O)cc1.